The van der Waals surface area contributed by atoms with Gasteiger partial charge >= 0.3 is 0 Å². The summed E-state index contributed by atoms with van der Waals surface area (Å²) in [6, 6.07) is 23.9. The summed E-state index contributed by atoms with van der Waals surface area (Å²) in [7, 11) is 1.54. The molecular weight excluding hydrogens is 366 g/mol. The van der Waals surface area contributed by atoms with E-state index in [4.69, 9.17) is 4.74 Å². The van der Waals surface area contributed by atoms with Crippen LogP contribution < -0.4 is 15.6 Å². The molecule has 0 radical (unpaired) electrons. The Hall–Kier alpha value is -3.93. The summed E-state index contributed by atoms with van der Waals surface area (Å²) in [5, 5.41) is 8.04. The normalized spacial score (nSPS) is 10.7. The summed E-state index contributed by atoms with van der Waals surface area (Å²) in [6.45, 7) is 0.265. The highest BCUT2D eigenvalue weighted by Gasteiger charge is 2.16. The molecule has 144 valence electrons. The van der Waals surface area contributed by atoms with E-state index in [2.05, 4.69) is 10.4 Å². The number of hydrogen-bond acceptors (Lipinski definition) is 4. The molecular formula is C23H19N3O3. The quantitative estimate of drug-likeness (QED) is 0.569. The SMILES string of the molecule is Cn1nc(C(=O)NCc2ccccc2Oc2ccccc2)c2ccccc2c1=O. The lowest BCUT2D eigenvalue weighted by molar-refractivity contribution is 0.0945. The van der Waals surface area contributed by atoms with Gasteiger partial charge in [-0.05, 0) is 24.3 Å². The minimum Gasteiger partial charge on any atom is -0.457 e. The van der Waals surface area contributed by atoms with Gasteiger partial charge in [-0.2, -0.15) is 5.10 Å². The maximum atomic E-state index is 12.8. The third-order valence-electron chi connectivity index (χ3n) is 4.55. The van der Waals surface area contributed by atoms with Crippen LogP contribution in [0.2, 0.25) is 0 Å². The fourth-order valence-corrected chi connectivity index (χ4v) is 3.09. The number of nitrogens with one attached hydrogen (secondary N) is 1. The van der Waals surface area contributed by atoms with Crippen molar-refractivity contribution in [3.05, 3.63) is 100 Å². The summed E-state index contributed by atoms with van der Waals surface area (Å²) in [5.74, 6) is 1.03. The Kier molecular flexibility index (Phi) is 5.07. The maximum absolute atomic E-state index is 12.8. The summed E-state index contributed by atoms with van der Waals surface area (Å²) >= 11 is 0. The number of aromatic nitrogens is 2. The number of para-hydroxylation sites is 2. The van der Waals surface area contributed by atoms with Crippen molar-refractivity contribution in [2.45, 2.75) is 6.54 Å². The third-order valence-corrected chi connectivity index (χ3v) is 4.55. The molecule has 29 heavy (non-hydrogen) atoms. The number of amides is 1. The van der Waals surface area contributed by atoms with Gasteiger partial charge in [0.1, 0.15) is 11.5 Å². The first-order chi connectivity index (χ1) is 14.1. The molecule has 1 amide bonds. The van der Waals surface area contributed by atoms with Gasteiger partial charge in [-0.15, -0.1) is 0 Å². The van der Waals surface area contributed by atoms with E-state index in [1.165, 1.54) is 11.7 Å². The third kappa shape index (κ3) is 3.87. The molecule has 6 heteroatoms. The number of ether oxygens (including phenoxy) is 1. The van der Waals surface area contributed by atoms with Gasteiger partial charge in [0.25, 0.3) is 11.5 Å². The molecule has 1 heterocycles. The number of carbonyl (C=O) groups excluding carboxylic acids is 1. The second-order valence-corrected chi connectivity index (χ2v) is 6.53. The topological polar surface area (TPSA) is 73.2 Å². The van der Waals surface area contributed by atoms with E-state index in [0.717, 1.165) is 11.3 Å². The highest BCUT2D eigenvalue weighted by molar-refractivity contribution is 6.04. The van der Waals surface area contributed by atoms with Crippen LogP contribution in [0.15, 0.2) is 83.7 Å². The Morgan fingerprint density at radius 3 is 2.38 bits per heavy atom. The number of benzene rings is 3. The van der Waals surface area contributed by atoms with Crippen molar-refractivity contribution in [1.82, 2.24) is 15.1 Å². The number of rotatable bonds is 5. The van der Waals surface area contributed by atoms with Crippen LogP contribution in [0.1, 0.15) is 16.1 Å². The zero-order chi connectivity index (χ0) is 20.2. The van der Waals surface area contributed by atoms with Crippen LogP contribution in [-0.2, 0) is 13.6 Å². The molecule has 0 bridgehead atoms. The van der Waals surface area contributed by atoms with Gasteiger partial charge in [0, 0.05) is 24.5 Å². The first-order valence-electron chi connectivity index (χ1n) is 9.18. The molecule has 0 saturated heterocycles. The molecule has 0 aliphatic heterocycles. The Morgan fingerprint density at radius 1 is 0.931 bits per heavy atom. The van der Waals surface area contributed by atoms with Gasteiger partial charge in [-0.25, -0.2) is 4.68 Å². The van der Waals surface area contributed by atoms with Crippen molar-refractivity contribution >= 4 is 16.7 Å². The summed E-state index contributed by atoms with van der Waals surface area (Å²) in [5.41, 5.74) is 0.807. The van der Waals surface area contributed by atoms with Crippen LogP contribution in [0.5, 0.6) is 11.5 Å². The zero-order valence-electron chi connectivity index (χ0n) is 15.8. The molecule has 0 atom stereocenters. The minimum atomic E-state index is -0.355. The highest BCUT2D eigenvalue weighted by Crippen LogP contribution is 2.25. The molecule has 0 unspecified atom stereocenters. The minimum absolute atomic E-state index is 0.212. The second-order valence-electron chi connectivity index (χ2n) is 6.53. The number of aryl methyl sites for hydroxylation is 1. The summed E-state index contributed by atoms with van der Waals surface area (Å²) < 4.78 is 7.12. The molecule has 6 nitrogen and oxygen atoms in total. The number of hydrogen-bond donors (Lipinski definition) is 1. The second kappa shape index (κ2) is 7.98. The average Bonchev–Trinajstić information content (AvgIpc) is 2.76. The predicted octanol–water partition coefficient (Wildman–Crippen LogP) is 3.66. The first kappa shape index (κ1) is 18.4. The molecule has 1 N–H and O–H groups in total. The molecule has 1 aromatic heterocycles. The molecule has 4 rings (SSSR count). The lowest BCUT2D eigenvalue weighted by atomic mass is 10.1. The summed E-state index contributed by atoms with van der Waals surface area (Å²) in [4.78, 5) is 25.1. The van der Waals surface area contributed by atoms with E-state index >= 15 is 0 Å². The van der Waals surface area contributed by atoms with Gasteiger partial charge in [-0.1, -0.05) is 54.6 Å². The van der Waals surface area contributed by atoms with E-state index in [1.807, 2.05) is 54.6 Å². The number of nitrogens with zero attached hydrogens (tertiary/aromatic N) is 2. The Bertz CT molecular complexity index is 1230. The lowest BCUT2D eigenvalue weighted by Gasteiger charge is -2.12. The Balaban J connectivity index is 1.58. The monoisotopic (exact) mass is 385 g/mol. The van der Waals surface area contributed by atoms with Crippen molar-refractivity contribution in [3.8, 4) is 11.5 Å². The van der Waals surface area contributed by atoms with Crippen molar-refractivity contribution in [2.75, 3.05) is 0 Å². The Labute approximate surface area is 167 Å². The van der Waals surface area contributed by atoms with Crippen molar-refractivity contribution in [1.29, 1.82) is 0 Å². The van der Waals surface area contributed by atoms with Crippen LogP contribution in [0, 0.1) is 0 Å². The molecule has 0 aliphatic rings. The molecule has 0 aliphatic carbocycles. The number of carbonyl (C=O) groups is 1. The van der Waals surface area contributed by atoms with Crippen LogP contribution >= 0.6 is 0 Å². The van der Waals surface area contributed by atoms with Crippen LogP contribution in [-0.4, -0.2) is 15.7 Å². The van der Waals surface area contributed by atoms with Crippen molar-refractivity contribution < 1.29 is 9.53 Å². The summed E-state index contributed by atoms with van der Waals surface area (Å²) in [6.07, 6.45) is 0. The standard InChI is InChI=1S/C23H19N3O3/c1-26-23(28)19-13-7-6-12-18(19)21(25-26)22(27)24-15-16-9-5-8-14-20(16)29-17-10-3-2-4-11-17/h2-14H,15H2,1H3,(H,24,27). The van der Waals surface area contributed by atoms with Gasteiger partial charge in [-0.3, -0.25) is 9.59 Å². The van der Waals surface area contributed by atoms with Crippen molar-refractivity contribution in [3.63, 3.8) is 0 Å². The molecule has 4 aromatic rings. The lowest BCUT2D eigenvalue weighted by Crippen LogP contribution is -2.29. The largest absolute Gasteiger partial charge is 0.457 e. The van der Waals surface area contributed by atoms with Crippen molar-refractivity contribution in [2.24, 2.45) is 7.05 Å². The van der Waals surface area contributed by atoms with E-state index < -0.39 is 0 Å². The zero-order valence-corrected chi connectivity index (χ0v) is 15.8. The van der Waals surface area contributed by atoms with E-state index in [1.54, 1.807) is 24.3 Å². The van der Waals surface area contributed by atoms with Crippen LogP contribution in [0.3, 0.4) is 0 Å². The number of fused-ring (bicyclic) bond motifs is 1. The van der Waals surface area contributed by atoms with Gasteiger partial charge < -0.3 is 10.1 Å². The Morgan fingerprint density at radius 2 is 1.59 bits per heavy atom. The smallest absolute Gasteiger partial charge is 0.274 e. The van der Waals surface area contributed by atoms with E-state index in [-0.39, 0.29) is 23.7 Å². The molecule has 0 spiro atoms. The highest BCUT2D eigenvalue weighted by atomic mass is 16.5. The predicted molar refractivity (Wildman–Crippen MR) is 111 cm³/mol. The molecule has 0 fully saturated rings. The maximum Gasteiger partial charge on any atom is 0.274 e. The van der Waals surface area contributed by atoms with Crippen LogP contribution in [0.25, 0.3) is 10.8 Å². The molecule has 3 aromatic carbocycles. The van der Waals surface area contributed by atoms with Crippen LogP contribution in [0.4, 0.5) is 0 Å². The molecule has 0 saturated carbocycles. The van der Waals surface area contributed by atoms with Gasteiger partial charge in [0.05, 0.1) is 5.39 Å². The fourth-order valence-electron chi connectivity index (χ4n) is 3.09. The van der Waals surface area contributed by atoms with Gasteiger partial charge in [0.2, 0.25) is 0 Å². The fraction of sp³-hybridized carbons (Fsp3) is 0.0870. The van der Waals surface area contributed by atoms with Gasteiger partial charge in [0.15, 0.2) is 5.69 Å². The van der Waals surface area contributed by atoms with E-state index in [9.17, 15) is 9.59 Å². The average molecular weight is 385 g/mol. The van der Waals surface area contributed by atoms with E-state index in [0.29, 0.717) is 16.5 Å². The first-order valence-corrected chi connectivity index (χ1v) is 9.18.